The Morgan fingerprint density at radius 3 is 1.30 bits per heavy atom. The molecule has 6 amide bonds. The van der Waals surface area contributed by atoms with Gasteiger partial charge in [-0.1, -0.05) is 64.1 Å². The van der Waals surface area contributed by atoms with Crippen LogP contribution in [0.2, 0.25) is 0 Å². The number of aliphatic carboxylic acids is 1. The molecule has 0 saturated heterocycles. The molecule has 6 aromatic rings. The quantitative estimate of drug-likeness (QED) is 0.0373. The molecule has 374 valence electrons. The molecule has 0 aliphatic rings. The van der Waals surface area contributed by atoms with Crippen molar-refractivity contribution in [1.82, 2.24) is 31.9 Å². The van der Waals surface area contributed by atoms with Crippen molar-refractivity contribution in [3.63, 3.8) is 0 Å². The number of esters is 1. The van der Waals surface area contributed by atoms with E-state index in [1.807, 2.05) is 27.7 Å². The average molecular weight is 1050 g/mol. The largest absolute Gasteiger partial charge is 0.508 e. The third-order valence-electron chi connectivity index (χ3n) is 10.2. The van der Waals surface area contributed by atoms with Crippen LogP contribution in [0.3, 0.4) is 0 Å². The Hall–Kier alpha value is -7.40. The first-order valence-electron chi connectivity index (χ1n) is 21.8. The zero-order valence-electron chi connectivity index (χ0n) is 39.0. The number of phenolic OH excluding ortho intramolecular Hbond substituents is 2. The molecule has 18 nitrogen and oxygen atoms in total. The predicted octanol–water partition coefficient (Wildman–Crippen LogP) is 6.45. The summed E-state index contributed by atoms with van der Waals surface area (Å²) in [5, 5.41) is 47.9. The van der Waals surface area contributed by atoms with Crippen LogP contribution in [0.5, 0.6) is 11.5 Å². The second-order valence-corrected chi connectivity index (χ2v) is 20.1. The minimum Gasteiger partial charge on any atom is -0.508 e. The molecule has 2 aromatic carbocycles. The summed E-state index contributed by atoms with van der Waals surface area (Å²) in [6.45, 7) is 7.46. The number of carboxylic acids is 1. The van der Waals surface area contributed by atoms with Crippen molar-refractivity contribution in [3.05, 3.63) is 147 Å². The third kappa shape index (κ3) is 15.8. The average Bonchev–Trinajstić information content (AvgIpc) is 4.20. The Labute approximate surface area is 424 Å². The number of hydrogen-bond donors (Lipinski definition) is 9. The summed E-state index contributed by atoms with van der Waals surface area (Å²) >= 11 is 4.46. The van der Waals surface area contributed by atoms with E-state index in [1.54, 1.807) is 83.6 Å². The van der Waals surface area contributed by atoms with Gasteiger partial charge in [-0.25, -0.2) is 9.59 Å². The first-order valence-corrected chi connectivity index (χ1v) is 25.2. The molecule has 71 heavy (non-hydrogen) atoms. The summed E-state index contributed by atoms with van der Waals surface area (Å²) in [4.78, 5) is 102. The summed E-state index contributed by atoms with van der Waals surface area (Å²) in [6, 6.07) is 20.6. The molecule has 0 spiro atoms. The second-order valence-electron chi connectivity index (χ2n) is 16.1. The van der Waals surface area contributed by atoms with E-state index in [2.05, 4.69) is 31.9 Å². The molecule has 0 fully saturated rings. The number of ether oxygens (including phenoxy) is 1. The molecule has 0 aliphatic carbocycles. The Morgan fingerprint density at radius 1 is 0.521 bits per heavy atom. The van der Waals surface area contributed by atoms with Gasteiger partial charge in [0.15, 0.2) is 0 Å². The number of rotatable bonds is 20. The van der Waals surface area contributed by atoms with Crippen LogP contribution in [0, 0.1) is 0 Å². The van der Waals surface area contributed by atoms with Gasteiger partial charge in [0.25, 0.3) is 35.4 Å². The molecule has 0 unspecified atom stereocenters. The Balaban J connectivity index is 0.000000264. The monoisotopic (exact) mass is 1040 g/mol. The van der Waals surface area contributed by atoms with Crippen LogP contribution in [-0.2, 0) is 27.4 Å². The van der Waals surface area contributed by atoms with Gasteiger partial charge in [-0.15, -0.1) is 45.3 Å². The maximum atomic E-state index is 13.1. The van der Waals surface area contributed by atoms with Crippen molar-refractivity contribution < 1.29 is 58.4 Å². The topological polar surface area (TPSA) is 279 Å². The molecule has 4 aromatic heterocycles. The van der Waals surface area contributed by atoms with Crippen molar-refractivity contribution >= 4 is 92.7 Å². The van der Waals surface area contributed by atoms with Gasteiger partial charge < -0.3 is 52.0 Å². The molecule has 0 aliphatic heterocycles. The number of phenols is 2. The van der Waals surface area contributed by atoms with E-state index < -0.39 is 47.7 Å². The SMILES string of the molecule is CC(C)c1cc(C(=O)NCc2cccc(O)c2)sc1C(=O)N[C@@H](CNC(=O)c1cccs1)C(=O)O.COC(=O)[C@H](CNC(=O)c1cccs1)NC(=O)c1sc(C(=O)NCc2cccc(O)c2)cc1C(C)C. The summed E-state index contributed by atoms with van der Waals surface area (Å²) in [7, 11) is 1.20. The number of nitrogens with one attached hydrogen (secondary N) is 6. The van der Waals surface area contributed by atoms with Gasteiger partial charge in [0.05, 0.1) is 36.4 Å². The highest BCUT2D eigenvalue weighted by atomic mass is 32.1. The number of methoxy groups -OCH3 is 1. The molecule has 6 rings (SSSR count). The summed E-state index contributed by atoms with van der Waals surface area (Å²) < 4.78 is 4.79. The number of aromatic hydroxyl groups is 2. The lowest BCUT2D eigenvalue weighted by Gasteiger charge is -2.17. The smallest absolute Gasteiger partial charge is 0.330 e. The summed E-state index contributed by atoms with van der Waals surface area (Å²) in [6.07, 6.45) is 0. The molecule has 2 atom stereocenters. The van der Waals surface area contributed by atoms with E-state index in [-0.39, 0.29) is 66.2 Å². The molecule has 22 heteroatoms. The van der Waals surface area contributed by atoms with E-state index in [0.29, 0.717) is 41.1 Å². The number of carbonyl (C=O) groups is 8. The number of hydrogen-bond acceptors (Lipinski definition) is 15. The fourth-order valence-corrected chi connectivity index (χ4v) is 10.0. The standard InChI is InChI=1S/C25H27N3O6S2.C24H25N3O6S2/c1-14(2)17-11-20(23(31)26-12-15-6-4-7-16(29)10-15)36-21(17)24(32)28-18(25(33)34-3)13-27-22(30)19-8-5-9-35-19;1-13(2)16-10-19(22(30)25-11-14-5-3-6-15(28)9-14)35-20(16)23(31)27-17(24(32)33)12-26-21(29)18-7-4-8-34-18/h4-11,14,18,29H,12-13H2,1-3H3,(H,26,31)(H,27,30)(H,28,32);3-10,13,17,28H,11-12H2,1-2H3,(H,25,30)(H,26,29)(H,27,31)(H,32,33)/t18-;17-/m00/s1. The lowest BCUT2D eigenvalue weighted by molar-refractivity contribution is -0.142. The fourth-order valence-electron chi connectivity index (χ4n) is 6.48. The number of benzene rings is 2. The van der Waals surface area contributed by atoms with E-state index in [9.17, 15) is 53.7 Å². The van der Waals surface area contributed by atoms with Gasteiger partial charge in [-0.2, -0.15) is 0 Å². The van der Waals surface area contributed by atoms with Gasteiger partial charge >= 0.3 is 11.9 Å². The lowest BCUT2D eigenvalue weighted by atomic mass is 10.0. The lowest BCUT2D eigenvalue weighted by Crippen LogP contribution is -2.48. The minimum atomic E-state index is -1.35. The van der Waals surface area contributed by atoms with Gasteiger partial charge in [0, 0.05) is 26.2 Å². The maximum Gasteiger partial charge on any atom is 0.330 e. The normalized spacial score (nSPS) is 11.6. The summed E-state index contributed by atoms with van der Waals surface area (Å²) in [5.41, 5.74) is 2.71. The van der Waals surface area contributed by atoms with E-state index in [1.165, 1.54) is 41.9 Å². The van der Waals surface area contributed by atoms with Crippen molar-refractivity contribution in [1.29, 1.82) is 0 Å². The third-order valence-corrected chi connectivity index (χ3v) is 14.2. The Morgan fingerprint density at radius 2 is 0.930 bits per heavy atom. The fraction of sp³-hybridized carbons (Fsp3) is 0.265. The van der Waals surface area contributed by atoms with Crippen LogP contribution < -0.4 is 31.9 Å². The van der Waals surface area contributed by atoms with E-state index >= 15 is 0 Å². The zero-order valence-corrected chi connectivity index (χ0v) is 42.3. The van der Waals surface area contributed by atoms with Crippen LogP contribution in [0.25, 0.3) is 0 Å². The van der Waals surface area contributed by atoms with E-state index in [0.717, 1.165) is 28.2 Å². The minimum absolute atomic E-state index is 0.0651. The molecular weight excluding hydrogens is 993 g/mol. The molecule has 9 N–H and O–H groups in total. The predicted molar refractivity (Wildman–Crippen MR) is 271 cm³/mol. The molecule has 4 heterocycles. The van der Waals surface area contributed by atoms with Crippen LogP contribution in [0.4, 0.5) is 0 Å². The zero-order chi connectivity index (χ0) is 51.8. The molecule has 0 bridgehead atoms. The molecular formula is C49H52N6O12S4. The highest BCUT2D eigenvalue weighted by Crippen LogP contribution is 2.30. The van der Waals surface area contributed by atoms with Gasteiger partial charge in [-0.3, -0.25) is 28.8 Å². The van der Waals surface area contributed by atoms with Crippen molar-refractivity contribution in [2.75, 3.05) is 20.2 Å². The maximum absolute atomic E-state index is 13.1. The van der Waals surface area contributed by atoms with Crippen LogP contribution in [0.15, 0.2) is 95.7 Å². The number of thiophene rings is 4. The van der Waals surface area contributed by atoms with Gasteiger partial charge in [0.2, 0.25) is 0 Å². The number of carboxylic acid groups (broad SMARTS) is 1. The van der Waals surface area contributed by atoms with Crippen molar-refractivity contribution in [3.8, 4) is 11.5 Å². The number of amides is 6. The van der Waals surface area contributed by atoms with Crippen molar-refractivity contribution in [2.45, 2.75) is 64.7 Å². The Kier molecular flexibility index (Phi) is 20.0. The summed E-state index contributed by atoms with van der Waals surface area (Å²) in [5.74, 6) is -4.69. The highest BCUT2D eigenvalue weighted by molar-refractivity contribution is 7.16. The number of carbonyl (C=O) groups excluding carboxylic acids is 7. The van der Waals surface area contributed by atoms with Crippen molar-refractivity contribution in [2.24, 2.45) is 0 Å². The Bertz CT molecular complexity index is 2840. The highest BCUT2D eigenvalue weighted by Gasteiger charge is 2.29. The second kappa shape index (κ2) is 26.0. The van der Waals surface area contributed by atoms with E-state index in [4.69, 9.17) is 4.74 Å². The molecule has 0 radical (unpaired) electrons. The van der Waals surface area contributed by atoms with Gasteiger partial charge in [-0.05, 0) is 93.4 Å². The van der Waals surface area contributed by atoms with Gasteiger partial charge in [0.1, 0.15) is 23.6 Å². The van der Waals surface area contributed by atoms with Crippen LogP contribution >= 0.6 is 45.3 Å². The van der Waals surface area contributed by atoms with Crippen LogP contribution in [0.1, 0.15) is 120 Å². The first kappa shape index (κ1) is 54.5. The first-order chi connectivity index (χ1) is 33.8. The van der Waals surface area contributed by atoms with Crippen LogP contribution in [-0.4, -0.2) is 95.0 Å². The molecule has 0 saturated carbocycles.